The number of benzene rings is 1. The normalized spacial score (nSPS) is 16.3. The third kappa shape index (κ3) is 6.12. The molecule has 1 aliphatic carbocycles. The number of hydrogen-bond acceptors (Lipinski definition) is 5. The summed E-state index contributed by atoms with van der Waals surface area (Å²) in [6.45, 7) is 4.28. The average Bonchev–Trinajstić information content (AvgIpc) is 3.20. The zero-order chi connectivity index (χ0) is 20.5. The van der Waals surface area contributed by atoms with Gasteiger partial charge in [-0.05, 0) is 43.4 Å². The molecule has 2 rings (SSSR count). The van der Waals surface area contributed by atoms with E-state index in [1.807, 2.05) is 25.1 Å². The fourth-order valence-electron chi connectivity index (χ4n) is 3.60. The quantitative estimate of drug-likeness (QED) is 0.598. The van der Waals surface area contributed by atoms with Gasteiger partial charge in [-0.15, -0.1) is 0 Å². The van der Waals surface area contributed by atoms with Gasteiger partial charge in [0.15, 0.2) is 11.5 Å². The molecule has 2 atom stereocenters. The van der Waals surface area contributed by atoms with Crippen LogP contribution in [0, 0.1) is 5.92 Å². The van der Waals surface area contributed by atoms with Crippen LogP contribution in [-0.4, -0.2) is 45.3 Å². The molecule has 7 heteroatoms. The Bertz CT molecular complexity index is 658. The highest BCUT2D eigenvalue weighted by Gasteiger charge is 2.32. The van der Waals surface area contributed by atoms with Crippen molar-refractivity contribution in [2.24, 2.45) is 5.92 Å². The van der Waals surface area contributed by atoms with Gasteiger partial charge in [0.2, 0.25) is 11.8 Å². The van der Waals surface area contributed by atoms with E-state index in [1.54, 1.807) is 14.2 Å². The van der Waals surface area contributed by atoms with Crippen molar-refractivity contribution in [3.63, 3.8) is 0 Å². The number of nitrogens with one attached hydrogen (secondary N) is 2. The molecule has 0 bridgehead atoms. The molecule has 156 valence electrons. The minimum atomic E-state index is -0.485. The number of carbonyl (C=O) groups excluding carboxylic acids is 2. The van der Waals surface area contributed by atoms with Gasteiger partial charge in [-0.25, -0.2) is 0 Å². The Morgan fingerprint density at radius 3 is 2.43 bits per heavy atom. The smallest absolute Gasteiger partial charge is 0.243 e. The Labute approximate surface area is 167 Å². The molecule has 0 aliphatic heterocycles. The van der Waals surface area contributed by atoms with Crippen molar-refractivity contribution < 1.29 is 23.8 Å². The van der Waals surface area contributed by atoms with Crippen LogP contribution in [-0.2, 0) is 14.3 Å². The molecule has 1 saturated carbocycles. The van der Waals surface area contributed by atoms with Crippen LogP contribution in [0.4, 0.5) is 0 Å². The van der Waals surface area contributed by atoms with E-state index in [0.29, 0.717) is 24.7 Å². The predicted octanol–water partition coefficient (Wildman–Crippen LogP) is 2.59. The number of amides is 2. The Balaban J connectivity index is 2.06. The molecular weight excluding hydrogens is 360 g/mol. The van der Waals surface area contributed by atoms with Crippen molar-refractivity contribution in [2.75, 3.05) is 27.4 Å². The molecule has 1 fully saturated rings. The lowest BCUT2D eigenvalue weighted by molar-refractivity contribution is -0.129. The summed E-state index contributed by atoms with van der Waals surface area (Å²) >= 11 is 0. The summed E-state index contributed by atoms with van der Waals surface area (Å²) in [5, 5.41) is 5.86. The summed E-state index contributed by atoms with van der Waals surface area (Å²) in [6, 6.07) is 4.87. The molecular formula is C21H32N2O5. The van der Waals surface area contributed by atoms with Crippen molar-refractivity contribution in [1.29, 1.82) is 0 Å². The maximum absolute atomic E-state index is 12.8. The largest absolute Gasteiger partial charge is 0.493 e. The molecule has 2 unspecified atom stereocenters. The van der Waals surface area contributed by atoms with Crippen LogP contribution in [0.2, 0.25) is 0 Å². The molecule has 0 spiro atoms. The van der Waals surface area contributed by atoms with E-state index in [4.69, 9.17) is 14.2 Å². The van der Waals surface area contributed by atoms with Crippen LogP contribution in [0.25, 0.3) is 0 Å². The van der Waals surface area contributed by atoms with E-state index in [2.05, 4.69) is 10.6 Å². The van der Waals surface area contributed by atoms with E-state index in [1.165, 1.54) is 6.92 Å². The number of hydrogen-bond donors (Lipinski definition) is 2. The fraction of sp³-hybridized carbons (Fsp3) is 0.619. The molecule has 2 amide bonds. The highest BCUT2D eigenvalue weighted by atomic mass is 16.5. The molecule has 1 aromatic rings. The second-order valence-electron chi connectivity index (χ2n) is 7.20. The topological polar surface area (TPSA) is 85.9 Å². The Hall–Kier alpha value is -2.28. The summed E-state index contributed by atoms with van der Waals surface area (Å²) in [7, 11) is 3.20. The fourth-order valence-corrected chi connectivity index (χ4v) is 3.60. The van der Waals surface area contributed by atoms with Crippen LogP contribution >= 0.6 is 0 Å². The van der Waals surface area contributed by atoms with Gasteiger partial charge < -0.3 is 24.8 Å². The van der Waals surface area contributed by atoms with Crippen molar-refractivity contribution in [1.82, 2.24) is 10.6 Å². The molecule has 0 aromatic heterocycles. The SMILES string of the molecule is COCCOc1ccc(C(C)NC(=O)C(NC(C)=O)C2CCCC2)cc1OC. The molecule has 1 aromatic carbocycles. The van der Waals surface area contributed by atoms with Gasteiger partial charge in [0.05, 0.1) is 19.8 Å². The van der Waals surface area contributed by atoms with E-state index >= 15 is 0 Å². The highest BCUT2D eigenvalue weighted by Crippen LogP contribution is 2.31. The van der Waals surface area contributed by atoms with E-state index in [0.717, 1.165) is 31.2 Å². The minimum absolute atomic E-state index is 0.144. The lowest BCUT2D eigenvalue weighted by Gasteiger charge is -2.25. The lowest BCUT2D eigenvalue weighted by atomic mass is 9.96. The maximum atomic E-state index is 12.8. The molecule has 0 heterocycles. The van der Waals surface area contributed by atoms with Crippen LogP contribution in [0.1, 0.15) is 51.1 Å². The van der Waals surface area contributed by atoms with Crippen LogP contribution in [0.3, 0.4) is 0 Å². The molecule has 0 saturated heterocycles. The van der Waals surface area contributed by atoms with Crippen molar-refractivity contribution in [3.05, 3.63) is 23.8 Å². The van der Waals surface area contributed by atoms with Crippen molar-refractivity contribution in [3.8, 4) is 11.5 Å². The third-order valence-electron chi connectivity index (χ3n) is 5.10. The Morgan fingerprint density at radius 1 is 1.11 bits per heavy atom. The Kier molecular flexibility index (Phi) is 8.57. The van der Waals surface area contributed by atoms with E-state index < -0.39 is 6.04 Å². The van der Waals surface area contributed by atoms with Crippen LogP contribution in [0.5, 0.6) is 11.5 Å². The standard InChI is InChI=1S/C21H32N2O5/c1-14(17-9-10-18(19(13-17)27-4)28-12-11-26-3)22-21(25)20(23-15(2)24)16-7-5-6-8-16/h9-10,13-14,16,20H,5-8,11-12H2,1-4H3,(H,22,25)(H,23,24). The van der Waals surface area contributed by atoms with E-state index in [-0.39, 0.29) is 23.8 Å². The molecule has 7 nitrogen and oxygen atoms in total. The zero-order valence-corrected chi connectivity index (χ0v) is 17.2. The first kappa shape index (κ1) is 22.0. The third-order valence-corrected chi connectivity index (χ3v) is 5.10. The second-order valence-corrected chi connectivity index (χ2v) is 7.20. The predicted molar refractivity (Wildman–Crippen MR) is 106 cm³/mol. The summed E-state index contributed by atoms with van der Waals surface area (Å²) in [5.74, 6) is 1.10. The van der Waals surface area contributed by atoms with Gasteiger partial charge >= 0.3 is 0 Å². The lowest BCUT2D eigenvalue weighted by Crippen LogP contribution is -2.50. The summed E-state index contributed by atoms with van der Waals surface area (Å²) < 4.78 is 16.1. The maximum Gasteiger partial charge on any atom is 0.243 e. The summed E-state index contributed by atoms with van der Waals surface area (Å²) in [5.41, 5.74) is 0.900. The molecule has 1 aliphatic rings. The minimum Gasteiger partial charge on any atom is -0.493 e. The van der Waals surface area contributed by atoms with Gasteiger partial charge in [-0.1, -0.05) is 18.9 Å². The number of rotatable bonds is 10. The summed E-state index contributed by atoms with van der Waals surface area (Å²) in [4.78, 5) is 24.4. The first-order valence-corrected chi connectivity index (χ1v) is 9.83. The monoisotopic (exact) mass is 392 g/mol. The Morgan fingerprint density at radius 2 is 1.82 bits per heavy atom. The van der Waals surface area contributed by atoms with Crippen molar-refractivity contribution >= 4 is 11.8 Å². The van der Waals surface area contributed by atoms with Gasteiger partial charge in [0, 0.05) is 14.0 Å². The molecule has 2 N–H and O–H groups in total. The second kappa shape index (κ2) is 10.9. The zero-order valence-electron chi connectivity index (χ0n) is 17.2. The molecule has 0 radical (unpaired) electrons. The number of carbonyl (C=O) groups is 2. The first-order valence-electron chi connectivity index (χ1n) is 9.83. The first-order chi connectivity index (χ1) is 13.5. The van der Waals surface area contributed by atoms with Gasteiger partial charge in [0.1, 0.15) is 12.6 Å². The van der Waals surface area contributed by atoms with Gasteiger partial charge in [-0.2, -0.15) is 0 Å². The van der Waals surface area contributed by atoms with Crippen LogP contribution < -0.4 is 20.1 Å². The number of methoxy groups -OCH3 is 2. The average molecular weight is 392 g/mol. The van der Waals surface area contributed by atoms with Crippen molar-refractivity contribution in [2.45, 2.75) is 51.6 Å². The molecule has 28 heavy (non-hydrogen) atoms. The highest BCUT2D eigenvalue weighted by molar-refractivity contribution is 5.87. The van der Waals surface area contributed by atoms with Crippen LogP contribution in [0.15, 0.2) is 18.2 Å². The number of ether oxygens (including phenoxy) is 3. The van der Waals surface area contributed by atoms with Gasteiger partial charge in [0.25, 0.3) is 0 Å². The van der Waals surface area contributed by atoms with E-state index in [9.17, 15) is 9.59 Å². The van der Waals surface area contributed by atoms with Gasteiger partial charge in [-0.3, -0.25) is 9.59 Å². The summed E-state index contributed by atoms with van der Waals surface area (Å²) in [6.07, 6.45) is 4.14.